The van der Waals surface area contributed by atoms with Gasteiger partial charge in [-0.15, -0.1) is 0 Å². The molecule has 4 heterocycles. The molecule has 0 aromatic carbocycles. The maximum Gasteiger partial charge on any atom is 0.155 e. The van der Waals surface area contributed by atoms with Crippen LogP contribution in [-0.2, 0) is 13.1 Å². The van der Waals surface area contributed by atoms with Gasteiger partial charge in [0, 0.05) is 51.9 Å². The van der Waals surface area contributed by atoms with Crippen LogP contribution in [0.15, 0.2) is 12.3 Å². The second kappa shape index (κ2) is 5.76. The summed E-state index contributed by atoms with van der Waals surface area (Å²) in [6.45, 7) is 10.6. The van der Waals surface area contributed by atoms with Crippen LogP contribution in [0.4, 0.5) is 10.1 Å². The minimum atomic E-state index is -0.0881. The molecule has 0 aliphatic carbocycles. The van der Waals surface area contributed by atoms with E-state index in [4.69, 9.17) is 0 Å². The molecular weight excluding hydrogens is 293 g/mol. The summed E-state index contributed by atoms with van der Waals surface area (Å²) >= 11 is 0. The Morgan fingerprint density at radius 1 is 1.17 bits per heavy atom. The zero-order chi connectivity index (χ0) is 16.0. The minimum absolute atomic E-state index is 0.0881. The molecule has 23 heavy (non-hydrogen) atoms. The fraction of sp³-hybridized carbons (Fsp3) is 0.588. The third-order valence-electron chi connectivity index (χ3n) is 5.10. The average Bonchev–Trinajstić information content (AvgIpc) is 2.87. The summed E-state index contributed by atoms with van der Waals surface area (Å²) in [4.78, 5) is 9.19. The van der Waals surface area contributed by atoms with Gasteiger partial charge in [0.1, 0.15) is 5.65 Å². The highest BCUT2D eigenvalue weighted by atomic mass is 19.1. The van der Waals surface area contributed by atoms with Crippen LogP contribution >= 0.6 is 0 Å². The van der Waals surface area contributed by atoms with Gasteiger partial charge >= 0.3 is 0 Å². The van der Waals surface area contributed by atoms with Crippen molar-refractivity contribution in [1.82, 2.24) is 19.8 Å². The Morgan fingerprint density at radius 2 is 1.96 bits per heavy atom. The Labute approximate surface area is 136 Å². The zero-order valence-electron chi connectivity index (χ0n) is 13.8. The Bertz CT molecular complexity index is 717. The highest BCUT2D eigenvalue weighted by Gasteiger charge is 2.26. The number of hydrogen-bond donors (Lipinski definition) is 1. The molecule has 0 spiro atoms. The molecule has 2 aliphatic rings. The molecule has 0 amide bonds. The molecule has 2 aromatic heterocycles. The lowest BCUT2D eigenvalue weighted by molar-refractivity contribution is 0.175. The summed E-state index contributed by atoms with van der Waals surface area (Å²) in [5.41, 5.74) is 2.60. The lowest BCUT2D eigenvalue weighted by Crippen LogP contribution is -2.43. The molecule has 5 nitrogen and oxygen atoms in total. The second-order valence-electron chi connectivity index (χ2n) is 6.78. The molecule has 4 rings (SSSR count). The Balaban J connectivity index is 1.74. The molecule has 2 aliphatic heterocycles. The standard InChI is InChI=1S/C17H24FN5/c1-12(2)22-7-8-23-15(11-22)16(18)14-9-13(10-20-17(14)23)21-5-3-19-4-6-21/h9-10,12,19H,3-8,11H2,1-2H3. The summed E-state index contributed by atoms with van der Waals surface area (Å²) in [5.74, 6) is -0.0881. The molecule has 6 heteroatoms. The van der Waals surface area contributed by atoms with E-state index in [0.29, 0.717) is 18.0 Å². The SMILES string of the molecule is CC(C)N1CCn2c(c(F)c3cc(N4CCNCC4)cnc32)C1. The van der Waals surface area contributed by atoms with Crippen molar-refractivity contribution in [3.63, 3.8) is 0 Å². The van der Waals surface area contributed by atoms with Crippen molar-refractivity contribution >= 4 is 16.7 Å². The van der Waals surface area contributed by atoms with Gasteiger partial charge in [0.05, 0.1) is 23.0 Å². The largest absolute Gasteiger partial charge is 0.368 e. The normalized spacial score (nSPS) is 19.6. The second-order valence-corrected chi connectivity index (χ2v) is 6.78. The number of nitrogens with zero attached hydrogens (tertiary/aromatic N) is 4. The van der Waals surface area contributed by atoms with Gasteiger partial charge in [0.25, 0.3) is 0 Å². The van der Waals surface area contributed by atoms with Gasteiger partial charge in [-0.2, -0.15) is 0 Å². The average molecular weight is 317 g/mol. The van der Waals surface area contributed by atoms with Crippen molar-refractivity contribution in [2.45, 2.75) is 33.0 Å². The summed E-state index contributed by atoms with van der Waals surface area (Å²) < 4.78 is 17.0. The van der Waals surface area contributed by atoms with E-state index in [-0.39, 0.29) is 5.82 Å². The van der Waals surface area contributed by atoms with Gasteiger partial charge in [0.15, 0.2) is 5.82 Å². The van der Waals surface area contributed by atoms with Crippen LogP contribution in [0.2, 0.25) is 0 Å². The van der Waals surface area contributed by atoms with Crippen LogP contribution in [0.1, 0.15) is 19.5 Å². The fourth-order valence-corrected chi connectivity index (χ4v) is 3.66. The van der Waals surface area contributed by atoms with E-state index in [1.165, 1.54) is 0 Å². The molecule has 1 saturated heterocycles. The Hall–Kier alpha value is -1.66. The monoisotopic (exact) mass is 317 g/mol. The molecule has 0 saturated carbocycles. The fourth-order valence-electron chi connectivity index (χ4n) is 3.66. The predicted molar refractivity (Wildman–Crippen MR) is 90.3 cm³/mol. The van der Waals surface area contributed by atoms with Gasteiger partial charge < -0.3 is 14.8 Å². The first-order valence-corrected chi connectivity index (χ1v) is 8.51. The van der Waals surface area contributed by atoms with E-state index in [9.17, 15) is 4.39 Å². The van der Waals surface area contributed by atoms with E-state index in [0.717, 1.165) is 56.3 Å². The number of pyridine rings is 1. The number of halogens is 1. The van der Waals surface area contributed by atoms with E-state index >= 15 is 0 Å². The van der Waals surface area contributed by atoms with Gasteiger partial charge in [-0.3, -0.25) is 4.90 Å². The Morgan fingerprint density at radius 3 is 2.70 bits per heavy atom. The maximum absolute atomic E-state index is 15.0. The molecule has 0 radical (unpaired) electrons. The van der Waals surface area contributed by atoms with E-state index in [1.54, 1.807) is 0 Å². The third kappa shape index (κ3) is 2.50. The van der Waals surface area contributed by atoms with Crippen LogP contribution < -0.4 is 10.2 Å². The quantitative estimate of drug-likeness (QED) is 0.916. The number of rotatable bonds is 2. The molecule has 0 atom stereocenters. The van der Waals surface area contributed by atoms with E-state index in [2.05, 4.69) is 38.5 Å². The van der Waals surface area contributed by atoms with Crippen molar-refractivity contribution in [2.24, 2.45) is 0 Å². The molecule has 1 N–H and O–H groups in total. The zero-order valence-corrected chi connectivity index (χ0v) is 13.8. The van der Waals surface area contributed by atoms with Crippen LogP contribution in [-0.4, -0.2) is 53.2 Å². The lowest BCUT2D eigenvalue weighted by Gasteiger charge is -2.31. The van der Waals surface area contributed by atoms with Gasteiger partial charge in [-0.05, 0) is 19.9 Å². The van der Waals surface area contributed by atoms with Crippen LogP contribution in [0.5, 0.6) is 0 Å². The molecule has 0 bridgehead atoms. The minimum Gasteiger partial charge on any atom is -0.368 e. The number of fused-ring (bicyclic) bond motifs is 3. The van der Waals surface area contributed by atoms with Crippen molar-refractivity contribution < 1.29 is 4.39 Å². The van der Waals surface area contributed by atoms with Crippen LogP contribution in [0.25, 0.3) is 11.0 Å². The number of anilines is 1. The van der Waals surface area contributed by atoms with Crippen LogP contribution in [0.3, 0.4) is 0 Å². The molecule has 2 aromatic rings. The summed E-state index contributed by atoms with van der Waals surface area (Å²) in [6.07, 6.45) is 1.90. The third-order valence-corrected chi connectivity index (χ3v) is 5.10. The van der Waals surface area contributed by atoms with Gasteiger partial charge in [-0.1, -0.05) is 0 Å². The molecule has 1 fully saturated rings. The van der Waals surface area contributed by atoms with Crippen molar-refractivity contribution in [1.29, 1.82) is 0 Å². The maximum atomic E-state index is 15.0. The first-order chi connectivity index (χ1) is 11.1. The summed E-state index contributed by atoms with van der Waals surface area (Å²) in [6, 6.07) is 2.42. The number of aromatic nitrogens is 2. The van der Waals surface area contributed by atoms with Crippen molar-refractivity contribution in [3.05, 3.63) is 23.8 Å². The number of piperazine rings is 1. The summed E-state index contributed by atoms with van der Waals surface area (Å²) in [5, 5.41) is 4.01. The van der Waals surface area contributed by atoms with E-state index < -0.39 is 0 Å². The number of hydrogen-bond acceptors (Lipinski definition) is 4. The summed E-state index contributed by atoms with van der Waals surface area (Å²) in [7, 11) is 0. The van der Waals surface area contributed by atoms with Gasteiger partial charge in [-0.25, -0.2) is 9.37 Å². The lowest BCUT2D eigenvalue weighted by atomic mass is 10.2. The first kappa shape index (κ1) is 14.9. The van der Waals surface area contributed by atoms with E-state index in [1.807, 2.05) is 12.3 Å². The Kier molecular flexibility index (Phi) is 3.73. The highest BCUT2D eigenvalue weighted by Crippen LogP contribution is 2.30. The van der Waals surface area contributed by atoms with Crippen molar-refractivity contribution in [3.8, 4) is 0 Å². The van der Waals surface area contributed by atoms with Crippen molar-refractivity contribution in [2.75, 3.05) is 37.6 Å². The first-order valence-electron chi connectivity index (χ1n) is 8.51. The molecular formula is C17H24FN5. The van der Waals surface area contributed by atoms with Gasteiger partial charge in [0.2, 0.25) is 0 Å². The molecule has 0 unspecified atom stereocenters. The number of nitrogens with one attached hydrogen (secondary N) is 1. The highest BCUT2D eigenvalue weighted by molar-refractivity contribution is 5.82. The molecule has 124 valence electrons. The predicted octanol–water partition coefficient (Wildman–Crippen LogP) is 1.81. The topological polar surface area (TPSA) is 36.3 Å². The van der Waals surface area contributed by atoms with Crippen LogP contribution in [0, 0.1) is 5.82 Å². The smallest absolute Gasteiger partial charge is 0.155 e.